The molecule has 0 saturated heterocycles. The van der Waals surface area contributed by atoms with Gasteiger partial charge in [-0.15, -0.1) is 0 Å². The lowest BCUT2D eigenvalue weighted by Gasteiger charge is -2.00. The first-order valence-corrected chi connectivity index (χ1v) is 6.75. The number of ether oxygens (including phenoxy) is 2. The fourth-order valence-corrected chi connectivity index (χ4v) is 1.79. The number of benzene rings is 2. The predicted octanol–water partition coefficient (Wildman–Crippen LogP) is 3.53. The first-order valence-electron chi connectivity index (χ1n) is 6.75. The van der Waals surface area contributed by atoms with Crippen molar-refractivity contribution in [2.75, 3.05) is 7.11 Å². The first kappa shape index (κ1) is 15.4. The van der Waals surface area contributed by atoms with Gasteiger partial charge in [0, 0.05) is 11.1 Å². The van der Waals surface area contributed by atoms with Gasteiger partial charge in [0.2, 0.25) is 0 Å². The van der Waals surface area contributed by atoms with Crippen LogP contribution in [0.25, 0.3) is 0 Å². The lowest BCUT2D eigenvalue weighted by Crippen LogP contribution is -2.00. The minimum absolute atomic E-state index is 0.350. The third kappa shape index (κ3) is 4.26. The van der Waals surface area contributed by atoms with Crippen molar-refractivity contribution in [1.29, 1.82) is 0 Å². The Bertz CT molecular complexity index is 701. The van der Waals surface area contributed by atoms with Crippen LogP contribution in [0.3, 0.4) is 0 Å². The molecule has 110 valence electrons. The zero-order chi connectivity index (χ0) is 15.8. The molecule has 0 spiro atoms. The Kier molecular flexibility index (Phi) is 5.39. The molecule has 0 aromatic heterocycles. The molecule has 0 amide bonds. The fraction of sp³-hybridized carbons (Fsp3) is 0.105. The van der Waals surface area contributed by atoms with E-state index in [4.69, 9.17) is 4.74 Å². The van der Waals surface area contributed by atoms with Gasteiger partial charge >= 0.3 is 5.97 Å². The van der Waals surface area contributed by atoms with Crippen molar-refractivity contribution in [2.24, 2.45) is 0 Å². The maximum absolute atomic E-state index is 11.3. The average Bonchev–Trinajstić information content (AvgIpc) is 2.58. The lowest BCUT2D eigenvalue weighted by atomic mass is 10.1. The van der Waals surface area contributed by atoms with Crippen LogP contribution >= 0.6 is 0 Å². The van der Waals surface area contributed by atoms with E-state index in [9.17, 15) is 4.79 Å². The van der Waals surface area contributed by atoms with Gasteiger partial charge < -0.3 is 9.47 Å². The molecule has 3 heteroatoms. The van der Waals surface area contributed by atoms with Crippen LogP contribution < -0.4 is 0 Å². The molecule has 0 N–H and O–H groups in total. The molecule has 2 rings (SSSR count). The molecule has 0 atom stereocenters. The molecule has 2 aromatic carbocycles. The molecule has 0 radical (unpaired) electrons. The zero-order valence-corrected chi connectivity index (χ0v) is 12.3. The summed E-state index contributed by atoms with van der Waals surface area (Å²) in [5, 5.41) is 0. The predicted molar refractivity (Wildman–Crippen MR) is 85.2 cm³/mol. The van der Waals surface area contributed by atoms with E-state index in [0.29, 0.717) is 12.2 Å². The highest BCUT2D eigenvalue weighted by Gasteiger charge is 2.03. The number of carbonyl (C=O) groups is 1. The highest BCUT2D eigenvalue weighted by atomic mass is 16.5. The fourth-order valence-electron chi connectivity index (χ4n) is 1.79. The lowest BCUT2D eigenvalue weighted by molar-refractivity contribution is 0.0600. The van der Waals surface area contributed by atoms with Gasteiger partial charge in [-0.2, -0.15) is 0 Å². The second-order valence-electron chi connectivity index (χ2n) is 4.49. The molecule has 0 unspecified atom stereocenters. The van der Waals surface area contributed by atoms with Crippen molar-refractivity contribution in [1.82, 2.24) is 0 Å². The highest BCUT2D eigenvalue weighted by Crippen LogP contribution is 2.07. The average molecular weight is 292 g/mol. The normalized spacial score (nSPS) is 9.32. The molecule has 0 aliphatic carbocycles. The summed E-state index contributed by atoms with van der Waals surface area (Å²) in [7, 11) is 1.36. The number of rotatable bonds is 4. The summed E-state index contributed by atoms with van der Waals surface area (Å²) in [4.78, 5) is 11.3. The summed E-state index contributed by atoms with van der Waals surface area (Å²) in [5.41, 5.74) is 3.33. The van der Waals surface area contributed by atoms with E-state index in [1.54, 1.807) is 24.3 Å². The summed E-state index contributed by atoms with van der Waals surface area (Å²) in [6.07, 6.45) is 1.42. The maximum Gasteiger partial charge on any atom is 0.337 e. The van der Waals surface area contributed by atoms with Gasteiger partial charge in [-0.05, 0) is 42.0 Å². The molecule has 3 nitrogen and oxygen atoms in total. The van der Waals surface area contributed by atoms with Gasteiger partial charge in [0.25, 0.3) is 0 Å². The van der Waals surface area contributed by atoms with Crippen molar-refractivity contribution in [3.05, 3.63) is 83.6 Å². The number of hydrogen-bond donors (Lipinski definition) is 0. The molecule has 0 bridgehead atoms. The molecular formula is C19H16O3. The number of carbonyl (C=O) groups excluding carboxylic acids is 1. The number of methoxy groups -OCH3 is 1. The summed E-state index contributed by atoms with van der Waals surface area (Å²) in [6.45, 7) is 4.01. The summed E-state index contributed by atoms with van der Waals surface area (Å²) in [5.74, 6) is 5.79. The van der Waals surface area contributed by atoms with E-state index in [1.165, 1.54) is 13.4 Å². The number of hydrogen-bond acceptors (Lipinski definition) is 3. The Morgan fingerprint density at radius 2 is 1.59 bits per heavy atom. The second kappa shape index (κ2) is 7.70. The van der Waals surface area contributed by atoms with Gasteiger partial charge in [-0.1, -0.05) is 30.6 Å². The van der Waals surface area contributed by atoms with E-state index >= 15 is 0 Å². The third-order valence-electron chi connectivity index (χ3n) is 2.98. The summed E-state index contributed by atoms with van der Waals surface area (Å²) in [6, 6.07) is 14.8. The Balaban J connectivity index is 2.06. The second-order valence-corrected chi connectivity index (χ2v) is 4.49. The van der Waals surface area contributed by atoms with Crippen molar-refractivity contribution >= 4 is 5.97 Å². The van der Waals surface area contributed by atoms with Crippen LogP contribution in [-0.2, 0) is 16.1 Å². The van der Waals surface area contributed by atoms with Crippen molar-refractivity contribution in [2.45, 2.75) is 6.61 Å². The topological polar surface area (TPSA) is 35.5 Å². The minimum Gasteiger partial charge on any atom is -0.497 e. The SMILES string of the molecule is C=COCc1ccc(C#Cc2ccc(C(=O)OC)cc2)cc1. The Hall–Kier alpha value is -2.99. The summed E-state index contributed by atoms with van der Waals surface area (Å²) < 4.78 is 9.77. The maximum atomic E-state index is 11.3. The van der Waals surface area contributed by atoms with Crippen molar-refractivity contribution in [3.63, 3.8) is 0 Å². The highest BCUT2D eigenvalue weighted by molar-refractivity contribution is 5.89. The van der Waals surface area contributed by atoms with E-state index in [2.05, 4.69) is 23.2 Å². The molecule has 22 heavy (non-hydrogen) atoms. The molecule has 2 aromatic rings. The van der Waals surface area contributed by atoms with Crippen LogP contribution in [0.5, 0.6) is 0 Å². The Labute approximate surface area is 130 Å². The monoisotopic (exact) mass is 292 g/mol. The zero-order valence-electron chi connectivity index (χ0n) is 12.3. The van der Waals surface area contributed by atoms with Gasteiger partial charge in [-0.25, -0.2) is 4.79 Å². The van der Waals surface area contributed by atoms with Gasteiger partial charge in [0.1, 0.15) is 6.61 Å². The van der Waals surface area contributed by atoms with E-state index in [1.807, 2.05) is 24.3 Å². The molecule has 0 saturated carbocycles. The molecule has 0 fully saturated rings. The van der Waals surface area contributed by atoms with Crippen LogP contribution in [-0.4, -0.2) is 13.1 Å². The van der Waals surface area contributed by atoms with Crippen LogP contribution in [0, 0.1) is 11.8 Å². The Morgan fingerprint density at radius 3 is 2.09 bits per heavy atom. The van der Waals surface area contributed by atoms with E-state index < -0.39 is 0 Å². The van der Waals surface area contributed by atoms with Gasteiger partial charge in [-0.3, -0.25) is 0 Å². The van der Waals surface area contributed by atoms with Gasteiger partial charge in [0.05, 0.1) is 18.9 Å². The largest absolute Gasteiger partial charge is 0.497 e. The van der Waals surface area contributed by atoms with E-state index in [0.717, 1.165) is 16.7 Å². The first-order chi connectivity index (χ1) is 10.7. The van der Waals surface area contributed by atoms with E-state index in [-0.39, 0.29) is 5.97 Å². The van der Waals surface area contributed by atoms with Crippen LogP contribution in [0.1, 0.15) is 27.0 Å². The standard InChI is InChI=1S/C19H16O3/c1-3-22-14-17-8-6-15(7-9-17)4-5-16-10-12-18(13-11-16)19(20)21-2/h3,6-13H,1,14H2,2H3. The smallest absolute Gasteiger partial charge is 0.337 e. The summed E-state index contributed by atoms with van der Waals surface area (Å²) >= 11 is 0. The van der Waals surface area contributed by atoms with Crippen LogP contribution in [0.15, 0.2) is 61.4 Å². The Morgan fingerprint density at radius 1 is 1.05 bits per heavy atom. The quantitative estimate of drug-likeness (QED) is 0.491. The minimum atomic E-state index is -0.350. The van der Waals surface area contributed by atoms with Crippen LogP contribution in [0.4, 0.5) is 0 Å². The molecule has 0 aliphatic heterocycles. The van der Waals surface area contributed by atoms with Crippen molar-refractivity contribution < 1.29 is 14.3 Å². The third-order valence-corrected chi connectivity index (χ3v) is 2.98. The van der Waals surface area contributed by atoms with Crippen LogP contribution in [0.2, 0.25) is 0 Å². The molecule has 0 aliphatic rings. The van der Waals surface area contributed by atoms with Crippen molar-refractivity contribution in [3.8, 4) is 11.8 Å². The molecular weight excluding hydrogens is 276 g/mol. The molecule has 0 heterocycles. The van der Waals surface area contributed by atoms with Gasteiger partial charge in [0.15, 0.2) is 0 Å². The number of esters is 1.